The summed E-state index contributed by atoms with van der Waals surface area (Å²) < 4.78 is 0. The predicted molar refractivity (Wildman–Crippen MR) is 115 cm³/mol. The molecule has 0 radical (unpaired) electrons. The van der Waals surface area contributed by atoms with E-state index in [1.54, 1.807) is 12.1 Å². The molecule has 1 N–H and O–H groups in total. The molecule has 152 valence electrons. The van der Waals surface area contributed by atoms with Gasteiger partial charge in [0.1, 0.15) is 5.76 Å². The number of ketones is 1. The van der Waals surface area contributed by atoms with E-state index in [-0.39, 0.29) is 16.4 Å². The molecule has 2 aromatic rings. The predicted octanol–water partition coefficient (Wildman–Crippen LogP) is 4.37. The SMILES string of the molecule is CN(C)CCCN1C(=O)C(=O)/C(=C(\O)c2ccc(Cl)c(Cl)c2)C1c1ccccc1. The van der Waals surface area contributed by atoms with Gasteiger partial charge in [0.2, 0.25) is 0 Å². The van der Waals surface area contributed by atoms with Crippen LogP contribution in [0.2, 0.25) is 10.0 Å². The first-order valence-corrected chi connectivity index (χ1v) is 10.0. The zero-order valence-electron chi connectivity index (χ0n) is 16.2. The van der Waals surface area contributed by atoms with Crippen molar-refractivity contribution in [2.45, 2.75) is 12.5 Å². The van der Waals surface area contributed by atoms with Gasteiger partial charge in [-0.15, -0.1) is 0 Å². The van der Waals surface area contributed by atoms with Gasteiger partial charge >= 0.3 is 0 Å². The minimum Gasteiger partial charge on any atom is -0.507 e. The molecule has 0 bridgehead atoms. The van der Waals surface area contributed by atoms with Crippen molar-refractivity contribution in [3.8, 4) is 0 Å². The van der Waals surface area contributed by atoms with Gasteiger partial charge in [-0.2, -0.15) is 0 Å². The molecule has 1 aliphatic rings. The van der Waals surface area contributed by atoms with Gasteiger partial charge in [-0.3, -0.25) is 9.59 Å². The van der Waals surface area contributed by atoms with E-state index in [2.05, 4.69) is 0 Å². The number of Topliss-reactive ketones (excluding diaryl/α,β-unsaturated/α-hetero) is 1. The highest BCUT2D eigenvalue weighted by molar-refractivity contribution is 6.46. The maximum Gasteiger partial charge on any atom is 0.295 e. The molecule has 1 saturated heterocycles. The van der Waals surface area contributed by atoms with Gasteiger partial charge in [-0.1, -0.05) is 53.5 Å². The number of likely N-dealkylation sites (tertiary alicyclic amines) is 1. The third-order valence-electron chi connectivity index (χ3n) is 4.85. The third-order valence-corrected chi connectivity index (χ3v) is 5.59. The standard InChI is InChI=1S/C22H22Cl2N2O3/c1-25(2)11-6-12-26-19(14-7-4-3-5-8-14)18(21(28)22(26)29)20(27)15-9-10-16(23)17(24)13-15/h3-5,7-10,13,19,27H,6,11-12H2,1-2H3/b20-18-. The highest BCUT2D eigenvalue weighted by Crippen LogP contribution is 2.40. The van der Waals surface area contributed by atoms with Crippen LogP contribution in [0.3, 0.4) is 0 Å². The summed E-state index contributed by atoms with van der Waals surface area (Å²) in [5.41, 5.74) is 1.16. The monoisotopic (exact) mass is 432 g/mol. The fourth-order valence-electron chi connectivity index (χ4n) is 3.45. The molecule has 0 spiro atoms. The average Bonchev–Trinajstić information content (AvgIpc) is 2.95. The zero-order valence-corrected chi connectivity index (χ0v) is 17.7. The van der Waals surface area contributed by atoms with Crippen LogP contribution in [0.5, 0.6) is 0 Å². The second kappa shape index (κ2) is 8.99. The van der Waals surface area contributed by atoms with Crippen LogP contribution >= 0.6 is 23.2 Å². The molecule has 1 amide bonds. The molecule has 1 aliphatic heterocycles. The number of carbonyl (C=O) groups is 2. The normalized spacial score (nSPS) is 18.7. The number of aliphatic hydroxyl groups is 1. The minimum absolute atomic E-state index is 0.0597. The number of carbonyl (C=O) groups excluding carboxylic acids is 2. The minimum atomic E-state index is -0.702. The van der Waals surface area contributed by atoms with E-state index in [4.69, 9.17) is 23.2 Å². The third kappa shape index (κ3) is 4.47. The molecule has 2 aromatic carbocycles. The van der Waals surface area contributed by atoms with Crippen molar-refractivity contribution in [1.82, 2.24) is 9.80 Å². The topological polar surface area (TPSA) is 60.9 Å². The quantitative estimate of drug-likeness (QED) is 0.418. The summed E-state index contributed by atoms with van der Waals surface area (Å²) in [6.07, 6.45) is 0.705. The number of hydrogen-bond donors (Lipinski definition) is 1. The Bertz CT molecular complexity index is 958. The second-order valence-electron chi connectivity index (χ2n) is 7.19. The summed E-state index contributed by atoms with van der Waals surface area (Å²) in [5, 5.41) is 11.6. The van der Waals surface area contributed by atoms with Crippen LogP contribution in [0.15, 0.2) is 54.1 Å². The highest BCUT2D eigenvalue weighted by Gasteiger charge is 2.45. The lowest BCUT2D eigenvalue weighted by molar-refractivity contribution is -0.139. The average molecular weight is 433 g/mol. The molecular weight excluding hydrogens is 411 g/mol. The molecular formula is C22H22Cl2N2O3. The number of halogens is 2. The summed E-state index contributed by atoms with van der Waals surface area (Å²) in [6.45, 7) is 1.18. The first-order valence-electron chi connectivity index (χ1n) is 9.24. The van der Waals surface area contributed by atoms with Gasteiger partial charge in [-0.05, 0) is 50.8 Å². The van der Waals surface area contributed by atoms with Crippen LogP contribution < -0.4 is 0 Å². The van der Waals surface area contributed by atoms with E-state index in [0.29, 0.717) is 23.6 Å². The maximum atomic E-state index is 12.9. The van der Waals surface area contributed by atoms with Gasteiger partial charge in [0.05, 0.1) is 21.7 Å². The van der Waals surface area contributed by atoms with Crippen molar-refractivity contribution in [3.63, 3.8) is 0 Å². The van der Waals surface area contributed by atoms with Crippen molar-refractivity contribution in [2.75, 3.05) is 27.2 Å². The van der Waals surface area contributed by atoms with Gasteiger partial charge in [0.15, 0.2) is 0 Å². The number of benzene rings is 2. The first kappa shape index (κ1) is 21.4. The van der Waals surface area contributed by atoms with Crippen LogP contribution in [0.1, 0.15) is 23.6 Å². The molecule has 7 heteroatoms. The van der Waals surface area contributed by atoms with Gasteiger partial charge in [-0.25, -0.2) is 0 Å². The molecule has 5 nitrogen and oxygen atoms in total. The summed E-state index contributed by atoms with van der Waals surface area (Å²) >= 11 is 12.0. The van der Waals surface area contributed by atoms with E-state index >= 15 is 0 Å². The van der Waals surface area contributed by atoms with E-state index < -0.39 is 17.7 Å². The number of hydrogen-bond acceptors (Lipinski definition) is 4. The van der Waals surface area contributed by atoms with Crippen LogP contribution in [0.25, 0.3) is 5.76 Å². The molecule has 1 atom stereocenters. The van der Waals surface area contributed by atoms with Crippen LogP contribution in [0.4, 0.5) is 0 Å². The van der Waals surface area contributed by atoms with Gasteiger partial charge in [0.25, 0.3) is 11.7 Å². The van der Waals surface area contributed by atoms with Crippen LogP contribution in [0, 0.1) is 0 Å². The lowest BCUT2D eigenvalue weighted by atomic mass is 9.95. The van der Waals surface area contributed by atoms with Gasteiger partial charge in [0, 0.05) is 12.1 Å². The summed E-state index contributed by atoms with van der Waals surface area (Å²) in [6, 6.07) is 13.2. The van der Waals surface area contributed by atoms with E-state index in [0.717, 1.165) is 12.1 Å². The Morgan fingerprint density at radius 3 is 2.38 bits per heavy atom. The lowest BCUT2D eigenvalue weighted by Gasteiger charge is -2.26. The number of aliphatic hydroxyl groups excluding tert-OH is 1. The Kier molecular flexibility index (Phi) is 6.63. The fourth-order valence-corrected chi connectivity index (χ4v) is 3.75. The first-order chi connectivity index (χ1) is 13.8. The number of rotatable bonds is 6. The van der Waals surface area contributed by atoms with Crippen LogP contribution in [-0.2, 0) is 9.59 Å². The van der Waals surface area contributed by atoms with E-state index in [9.17, 15) is 14.7 Å². The van der Waals surface area contributed by atoms with E-state index in [1.807, 2.05) is 49.3 Å². The molecule has 29 heavy (non-hydrogen) atoms. The Morgan fingerprint density at radius 2 is 1.76 bits per heavy atom. The smallest absolute Gasteiger partial charge is 0.295 e. The Hall–Kier alpha value is -2.34. The van der Waals surface area contributed by atoms with Gasteiger partial charge < -0.3 is 14.9 Å². The van der Waals surface area contributed by atoms with Crippen molar-refractivity contribution >= 4 is 40.7 Å². The van der Waals surface area contributed by atoms with Crippen molar-refractivity contribution in [1.29, 1.82) is 0 Å². The Labute approximate surface area is 180 Å². The molecule has 0 aromatic heterocycles. The maximum absolute atomic E-state index is 12.9. The van der Waals surface area contributed by atoms with E-state index in [1.165, 1.54) is 11.0 Å². The number of amides is 1. The molecule has 0 aliphatic carbocycles. The summed E-state index contributed by atoms with van der Waals surface area (Å²) in [7, 11) is 3.90. The Balaban J connectivity index is 2.09. The summed E-state index contributed by atoms with van der Waals surface area (Å²) in [5.74, 6) is -1.57. The molecule has 1 fully saturated rings. The molecule has 0 saturated carbocycles. The lowest BCUT2D eigenvalue weighted by Crippen LogP contribution is -2.32. The molecule has 1 unspecified atom stereocenters. The fraction of sp³-hybridized carbons (Fsp3) is 0.273. The largest absolute Gasteiger partial charge is 0.507 e. The Morgan fingerprint density at radius 1 is 1.07 bits per heavy atom. The second-order valence-corrected chi connectivity index (χ2v) is 8.00. The summed E-state index contributed by atoms with van der Waals surface area (Å²) in [4.78, 5) is 29.2. The highest BCUT2D eigenvalue weighted by atomic mass is 35.5. The van der Waals surface area contributed by atoms with Crippen molar-refractivity contribution < 1.29 is 14.7 Å². The number of nitrogens with zero attached hydrogens (tertiary/aromatic N) is 2. The van der Waals surface area contributed by atoms with Crippen molar-refractivity contribution in [3.05, 3.63) is 75.3 Å². The zero-order chi connectivity index (χ0) is 21.1. The van der Waals surface area contributed by atoms with Crippen molar-refractivity contribution in [2.24, 2.45) is 0 Å². The van der Waals surface area contributed by atoms with Crippen LogP contribution in [-0.4, -0.2) is 53.8 Å². The molecule has 1 heterocycles. The molecule has 3 rings (SSSR count).